The lowest BCUT2D eigenvalue weighted by molar-refractivity contribution is 0.142. The second kappa shape index (κ2) is 4.40. The van der Waals surface area contributed by atoms with Crippen molar-refractivity contribution in [1.82, 2.24) is 4.90 Å². The zero-order chi connectivity index (χ0) is 10.1. The van der Waals surface area contributed by atoms with Gasteiger partial charge in [-0.05, 0) is 25.7 Å². The summed E-state index contributed by atoms with van der Waals surface area (Å²) in [6.45, 7) is 0.799. The van der Waals surface area contributed by atoms with Gasteiger partial charge in [0, 0.05) is 35.2 Å². The van der Waals surface area contributed by atoms with Crippen molar-refractivity contribution in [2.45, 2.75) is 43.8 Å². The van der Waals surface area contributed by atoms with E-state index in [9.17, 15) is 0 Å². The number of nitrogens with two attached hydrogens (primary N) is 1. The van der Waals surface area contributed by atoms with Crippen molar-refractivity contribution in [2.75, 3.05) is 6.54 Å². The van der Waals surface area contributed by atoms with Crippen LogP contribution in [0, 0.1) is 0 Å². The zero-order valence-corrected chi connectivity index (χ0v) is 9.64. The summed E-state index contributed by atoms with van der Waals surface area (Å²) in [5.41, 5.74) is 7.45. The van der Waals surface area contributed by atoms with Crippen LogP contribution in [0.5, 0.6) is 0 Å². The number of halogens is 2. The van der Waals surface area contributed by atoms with E-state index in [0.717, 1.165) is 24.4 Å². The maximum absolute atomic E-state index is 5.98. The van der Waals surface area contributed by atoms with Gasteiger partial charge in [-0.1, -0.05) is 23.2 Å². The van der Waals surface area contributed by atoms with E-state index in [-0.39, 0.29) is 0 Å². The Labute approximate surface area is 95.0 Å². The molecule has 0 aromatic heterocycles. The summed E-state index contributed by atoms with van der Waals surface area (Å²) in [5, 5.41) is 0.735. The average molecular weight is 235 g/mol. The zero-order valence-electron chi connectivity index (χ0n) is 8.13. The predicted molar refractivity (Wildman–Crippen MR) is 60.5 cm³/mol. The summed E-state index contributed by atoms with van der Waals surface area (Å²) in [7, 11) is 0. The van der Waals surface area contributed by atoms with Crippen molar-refractivity contribution in [2.24, 2.45) is 5.73 Å². The molecule has 2 bridgehead atoms. The first-order valence-electron chi connectivity index (χ1n) is 5.16. The van der Waals surface area contributed by atoms with Gasteiger partial charge in [-0.2, -0.15) is 0 Å². The second-order valence-corrected chi connectivity index (χ2v) is 5.05. The van der Waals surface area contributed by atoms with Crippen molar-refractivity contribution in [1.29, 1.82) is 0 Å². The minimum absolute atomic E-state index is 0.391. The Morgan fingerprint density at radius 1 is 1.36 bits per heavy atom. The summed E-state index contributed by atoms with van der Waals surface area (Å²) in [6, 6.07) is 1.66. The predicted octanol–water partition coefficient (Wildman–Crippen LogP) is 2.26. The van der Waals surface area contributed by atoms with E-state index in [4.69, 9.17) is 28.9 Å². The molecule has 2 heterocycles. The molecule has 0 amide bonds. The van der Waals surface area contributed by atoms with Gasteiger partial charge in [0.1, 0.15) is 0 Å². The van der Waals surface area contributed by atoms with Gasteiger partial charge in [0.15, 0.2) is 0 Å². The fourth-order valence-electron chi connectivity index (χ4n) is 2.78. The van der Waals surface area contributed by atoms with Gasteiger partial charge in [0.25, 0.3) is 0 Å². The normalized spacial score (nSPS) is 39.1. The highest BCUT2D eigenvalue weighted by atomic mass is 35.5. The Kier molecular flexibility index (Phi) is 3.38. The number of piperidine rings is 1. The molecule has 2 atom stereocenters. The molecule has 0 radical (unpaired) electrons. The van der Waals surface area contributed by atoms with Crippen LogP contribution in [0.4, 0.5) is 0 Å². The van der Waals surface area contributed by atoms with Crippen molar-refractivity contribution in [3.8, 4) is 0 Å². The van der Waals surface area contributed by atoms with E-state index in [1.54, 1.807) is 0 Å². The summed E-state index contributed by atoms with van der Waals surface area (Å²) in [4.78, 5) is 2.46. The van der Waals surface area contributed by atoms with Crippen LogP contribution in [0.3, 0.4) is 0 Å². The molecule has 2 rings (SSSR count). The van der Waals surface area contributed by atoms with Crippen LogP contribution >= 0.6 is 23.2 Å². The molecule has 14 heavy (non-hydrogen) atoms. The van der Waals surface area contributed by atoms with Crippen LogP contribution in [-0.2, 0) is 0 Å². The van der Waals surface area contributed by atoms with Gasteiger partial charge in [-0.15, -0.1) is 0 Å². The van der Waals surface area contributed by atoms with Crippen molar-refractivity contribution in [3.05, 3.63) is 10.6 Å². The molecular weight excluding hydrogens is 219 g/mol. The Morgan fingerprint density at radius 3 is 2.43 bits per heavy atom. The van der Waals surface area contributed by atoms with Crippen LogP contribution in [-0.4, -0.2) is 29.6 Å². The molecule has 80 valence electrons. The quantitative estimate of drug-likeness (QED) is 0.795. The van der Waals surface area contributed by atoms with Gasteiger partial charge in [0.2, 0.25) is 0 Å². The third-order valence-electron chi connectivity index (χ3n) is 3.37. The van der Waals surface area contributed by atoms with Gasteiger partial charge in [-0.3, -0.25) is 4.90 Å². The maximum atomic E-state index is 5.98. The van der Waals surface area contributed by atoms with Crippen LogP contribution in [0.1, 0.15) is 25.7 Å². The van der Waals surface area contributed by atoms with E-state index in [0.29, 0.717) is 18.1 Å². The molecule has 2 fully saturated rings. The first-order chi connectivity index (χ1) is 6.70. The first kappa shape index (κ1) is 10.7. The number of fused-ring (bicyclic) bond motifs is 2. The lowest BCUT2D eigenvalue weighted by Crippen LogP contribution is -2.47. The monoisotopic (exact) mass is 234 g/mol. The van der Waals surface area contributed by atoms with Crippen LogP contribution in [0.2, 0.25) is 0 Å². The maximum Gasteiger partial charge on any atom is 0.0434 e. The Bertz CT molecular complexity index is 228. The van der Waals surface area contributed by atoms with Crippen LogP contribution < -0.4 is 5.73 Å². The molecule has 2 aliphatic rings. The molecule has 2 N–H and O–H groups in total. The second-order valence-electron chi connectivity index (χ2n) is 4.34. The first-order valence-corrected chi connectivity index (χ1v) is 5.98. The van der Waals surface area contributed by atoms with Crippen molar-refractivity contribution >= 4 is 23.2 Å². The van der Waals surface area contributed by atoms with E-state index < -0.39 is 0 Å². The van der Waals surface area contributed by atoms with Gasteiger partial charge in [-0.25, -0.2) is 0 Å². The Hall–Kier alpha value is 0.240. The Morgan fingerprint density at radius 2 is 1.93 bits per heavy atom. The summed E-state index contributed by atoms with van der Waals surface area (Å²) in [6.07, 6.45) is 4.77. The molecule has 2 aliphatic heterocycles. The topological polar surface area (TPSA) is 29.3 Å². The van der Waals surface area contributed by atoms with Crippen molar-refractivity contribution in [3.63, 3.8) is 0 Å². The minimum atomic E-state index is 0.391. The molecule has 2 saturated heterocycles. The molecule has 0 aromatic rings. The fraction of sp³-hybridized carbons (Fsp3) is 0.800. The molecule has 2 unspecified atom stereocenters. The smallest absolute Gasteiger partial charge is 0.0434 e. The van der Waals surface area contributed by atoms with E-state index in [2.05, 4.69) is 4.90 Å². The van der Waals surface area contributed by atoms with E-state index in [1.807, 2.05) is 0 Å². The SMILES string of the molecule is NC1CC2CCC(C1)N2CC(Cl)=CCl. The minimum Gasteiger partial charge on any atom is -0.328 e. The number of rotatable bonds is 2. The highest BCUT2D eigenvalue weighted by Gasteiger charge is 2.39. The summed E-state index contributed by atoms with van der Waals surface area (Å²) < 4.78 is 0. The Balaban J connectivity index is 2.00. The summed E-state index contributed by atoms with van der Waals surface area (Å²) in [5.74, 6) is 0. The molecule has 0 saturated carbocycles. The number of nitrogens with zero attached hydrogens (tertiary/aromatic N) is 1. The lowest BCUT2D eigenvalue weighted by Gasteiger charge is -2.37. The average Bonchev–Trinajstić information content (AvgIpc) is 2.41. The van der Waals surface area contributed by atoms with Crippen molar-refractivity contribution < 1.29 is 0 Å². The molecule has 4 heteroatoms. The molecule has 0 aliphatic carbocycles. The van der Waals surface area contributed by atoms with Crippen LogP contribution in [0.15, 0.2) is 10.6 Å². The largest absolute Gasteiger partial charge is 0.328 e. The van der Waals surface area contributed by atoms with Crippen LogP contribution in [0.25, 0.3) is 0 Å². The molecule has 0 spiro atoms. The highest BCUT2D eigenvalue weighted by molar-refractivity contribution is 6.36. The van der Waals surface area contributed by atoms with E-state index in [1.165, 1.54) is 18.4 Å². The third-order valence-corrected chi connectivity index (χ3v) is 3.98. The highest BCUT2D eigenvalue weighted by Crippen LogP contribution is 2.35. The number of hydrogen-bond donors (Lipinski definition) is 1. The van der Waals surface area contributed by atoms with Gasteiger partial charge in [0.05, 0.1) is 0 Å². The summed E-state index contributed by atoms with van der Waals surface area (Å²) >= 11 is 11.5. The number of hydrogen-bond acceptors (Lipinski definition) is 2. The van der Waals surface area contributed by atoms with Gasteiger partial charge >= 0.3 is 0 Å². The third kappa shape index (κ3) is 2.08. The lowest BCUT2D eigenvalue weighted by atomic mass is 9.98. The molecule has 0 aromatic carbocycles. The van der Waals surface area contributed by atoms with Gasteiger partial charge < -0.3 is 5.73 Å². The standard InChI is InChI=1S/C10H16Cl2N2/c11-5-7(12)6-14-9-1-2-10(14)4-8(13)3-9/h5,8-10H,1-4,6,13H2. The molecule has 2 nitrogen and oxygen atoms in total. The molecular formula is C10H16Cl2N2. The van der Waals surface area contributed by atoms with E-state index >= 15 is 0 Å². The fourth-order valence-corrected chi connectivity index (χ4v) is 2.99.